The van der Waals surface area contributed by atoms with Gasteiger partial charge in [0, 0.05) is 25.6 Å². The lowest BCUT2D eigenvalue weighted by Gasteiger charge is -2.42. The van der Waals surface area contributed by atoms with E-state index in [0.29, 0.717) is 6.42 Å². The van der Waals surface area contributed by atoms with Gasteiger partial charge >= 0.3 is 0 Å². The third-order valence-corrected chi connectivity index (χ3v) is 3.23. The summed E-state index contributed by atoms with van der Waals surface area (Å²) in [6.45, 7) is 0. The first kappa shape index (κ1) is 14.1. The quantitative estimate of drug-likeness (QED) is 0.675. The second-order valence-electron chi connectivity index (χ2n) is 4.28. The fourth-order valence-corrected chi connectivity index (χ4v) is 2.10. The Bertz CT molecular complexity index is 457. The maximum absolute atomic E-state index is 13.4. The van der Waals surface area contributed by atoms with Crippen molar-refractivity contribution in [2.24, 2.45) is 0 Å². The topological polar surface area (TPSA) is 30.5 Å². The molecule has 3 nitrogen and oxygen atoms in total. The Hall–Kier alpha value is -1.34. The van der Waals surface area contributed by atoms with Crippen molar-refractivity contribution in [3.05, 3.63) is 29.3 Å². The summed E-state index contributed by atoms with van der Waals surface area (Å²) < 4.78 is 62.9. The largest absolute Gasteiger partial charge is 0.481 e. The monoisotopic (exact) mass is 279 g/mol. The van der Waals surface area contributed by atoms with Crippen LogP contribution in [0.2, 0.25) is 0 Å². The van der Waals surface area contributed by atoms with Crippen LogP contribution in [0, 0.1) is 23.3 Å². The lowest BCUT2D eigenvalue weighted by atomic mass is 9.85. The van der Waals surface area contributed by atoms with Crippen LogP contribution in [0.25, 0.3) is 0 Å². The summed E-state index contributed by atoms with van der Waals surface area (Å²) in [5, 5.41) is 2.93. The van der Waals surface area contributed by atoms with Crippen molar-refractivity contribution >= 4 is 0 Å². The average molecular weight is 279 g/mol. The van der Waals surface area contributed by atoms with Crippen LogP contribution in [0.3, 0.4) is 0 Å². The molecule has 19 heavy (non-hydrogen) atoms. The van der Waals surface area contributed by atoms with Crippen molar-refractivity contribution in [2.45, 2.75) is 24.7 Å². The Morgan fingerprint density at radius 1 is 1.16 bits per heavy atom. The van der Waals surface area contributed by atoms with Gasteiger partial charge in [0.15, 0.2) is 17.4 Å². The smallest absolute Gasteiger partial charge is 0.203 e. The van der Waals surface area contributed by atoms with Gasteiger partial charge in [-0.05, 0) is 7.05 Å². The lowest BCUT2D eigenvalue weighted by molar-refractivity contribution is -0.0895. The Labute approximate surface area is 107 Å². The second kappa shape index (κ2) is 5.34. The zero-order chi connectivity index (χ0) is 14.2. The fraction of sp³-hybridized carbons (Fsp3) is 0.500. The van der Waals surface area contributed by atoms with Gasteiger partial charge in [0.25, 0.3) is 0 Å². The molecule has 0 heterocycles. The third-order valence-electron chi connectivity index (χ3n) is 3.23. The molecule has 1 aliphatic rings. The van der Waals surface area contributed by atoms with Gasteiger partial charge in [0.1, 0.15) is 12.2 Å². The van der Waals surface area contributed by atoms with Crippen LogP contribution in [0.5, 0.6) is 5.75 Å². The summed E-state index contributed by atoms with van der Waals surface area (Å²) in [6, 6.07) is 0.113. The summed E-state index contributed by atoms with van der Waals surface area (Å²) in [5.74, 6) is -7.11. The minimum atomic E-state index is -1.54. The Kier molecular flexibility index (Phi) is 3.96. The zero-order valence-electron chi connectivity index (χ0n) is 10.3. The fourth-order valence-electron chi connectivity index (χ4n) is 2.10. The average Bonchev–Trinajstić information content (AvgIpc) is 2.35. The number of halogens is 4. The van der Waals surface area contributed by atoms with E-state index in [1.807, 2.05) is 0 Å². The first-order chi connectivity index (χ1) is 8.99. The normalized spacial score (nSPS) is 26.1. The van der Waals surface area contributed by atoms with E-state index in [1.165, 1.54) is 7.11 Å². The van der Waals surface area contributed by atoms with E-state index in [9.17, 15) is 17.6 Å². The molecule has 1 N–H and O–H groups in total. The molecule has 0 aromatic heterocycles. The van der Waals surface area contributed by atoms with Gasteiger partial charge in [0.2, 0.25) is 11.6 Å². The lowest BCUT2D eigenvalue weighted by Crippen LogP contribution is -2.60. The Morgan fingerprint density at radius 3 is 2.21 bits per heavy atom. The van der Waals surface area contributed by atoms with E-state index >= 15 is 0 Å². The van der Waals surface area contributed by atoms with Crippen molar-refractivity contribution in [2.75, 3.05) is 14.2 Å². The number of ether oxygens (including phenoxy) is 2. The molecule has 0 spiro atoms. The number of likely N-dealkylation sites (N-methyl/N-ethyl adjacent to an activating group) is 1. The van der Waals surface area contributed by atoms with Crippen LogP contribution in [0.15, 0.2) is 6.07 Å². The van der Waals surface area contributed by atoms with Gasteiger partial charge in [-0.15, -0.1) is 0 Å². The summed E-state index contributed by atoms with van der Waals surface area (Å²) in [4.78, 5) is 0. The van der Waals surface area contributed by atoms with Crippen molar-refractivity contribution in [1.29, 1.82) is 0 Å². The van der Waals surface area contributed by atoms with Crippen molar-refractivity contribution < 1.29 is 27.0 Å². The van der Waals surface area contributed by atoms with Crippen LogP contribution in [-0.4, -0.2) is 32.4 Å². The van der Waals surface area contributed by atoms with E-state index in [0.717, 1.165) is 0 Å². The number of nitrogens with one attached hydrogen (secondary N) is 1. The highest BCUT2D eigenvalue weighted by atomic mass is 19.2. The van der Waals surface area contributed by atoms with Gasteiger partial charge in [-0.25, -0.2) is 8.78 Å². The molecule has 0 bridgehead atoms. The molecule has 1 aliphatic carbocycles. The SMILES string of the molecule is CNC1CC(Oc2c(F)c(F)cc(F)c2F)C1OC. The van der Waals surface area contributed by atoms with E-state index in [4.69, 9.17) is 9.47 Å². The van der Waals surface area contributed by atoms with Gasteiger partial charge in [0.05, 0.1) is 0 Å². The van der Waals surface area contributed by atoms with Crippen molar-refractivity contribution in [1.82, 2.24) is 5.32 Å². The maximum Gasteiger partial charge on any atom is 0.203 e. The highest BCUT2D eigenvalue weighted by Gasteiger charge is 2.43. The number of methoxy groups -OCH3 is 1. The van der Waals surface area contributed by atoms with Crippen LogP contribution in [0.1, 0.15) is 6.42 Å². The number of hydrogen-bond acceptors (Lipinski definition) is 3. The molecule has 0 radical (unpaired) electrons. The van der Waals surface area contributed by atoms with Crippen LogP contribution in [0.4, 0.5) is 17.6 Å². The summed E-state index contributed by atoms with van der Waals surface area (Å²) in [6.07, 6.45) is -0.672. The maximum atomic E-state index is 13.4. The van der Waals surface area contributed by atoms with Crippen molar-refractivity contribution in [3.8, 4) is 5.75 Å². The molecule has 106 valence electrons. The number of benzene rings is 1. The zero-order valence-corrected chi connectivity index (χ0v) is 10.3. The minimum absolute atomic E-state index is 0.0282. The van der Waals surface area contributed by atoms with Gasteiger partial charge in [-0.2, -0.15) is 8.78 Å². The molecule has 7 heteroatoms. The molecule has 3 atom stereocenters. The first-order valence-corrected chi connectivity index (χ1v) is 5.69. The molecule has 0 aliphatic heterocycles. The number of hydrogen-bond donors (Lipinski definition) is 1. The summed E-state index contributed by atoms with van der Waals surface area (Å²) in [5.41, 5.74) is 0. The molecule has 1 fully saturated rings. The van der Waals surface area contributed by atoms with Crippen LogP contribution in [-0.2, 0) is 4.74 Å². The molecule has 3 unspecified atom stereocenters. The third kappa shape index (κ3) is 2.40. The molecular weight excluding hydrogens is 266 g/mol. The summed E-state index contributed by atoms with van der Waals surface area (Å²) in [7, 11) is 3.12. The predicted octanol–water partition coefficient (Wildman–Crippen LogP) is 2.00. The molecule has 0 saturated heterocycles. The Morgan fingerprint density at radius 2 is 1.74 bits per heavy atom. The molecule has 1 aromatic rings. The molecule has 1 saturated carbocycles. The first-order valence-electron chi connectivity index (χ1n) is 5.69. The van der Waals surface area contributed by atoms with E-state index in [-0.39, 0.29) is 12.1 Å². The van der Waals surface area contributed by atoms with E-state index in [2.05, 4.69) is 5.32 Å². The van der Waals surface area contributed by atoms with Crippen LogP contribution >= 0.6 is 0 Å². The molecule has 0 amide bonds. The summed E-state index contributed by atoms with van der Waals surface area (Å²) >= 11 is 0. The minimum Gasteiger partial charge on any atom is -0.481 e. The molecule has 1 aromatic carbocycles. The van der Waals surface area contributed by atoms with E-state index in [1.54, 1.807) is 7.05 Å². The number of rotatable bonds is 4. The van der Waals surface area contributed by atoms with Gasteiger partial charge < -0.3 is 14.8 Å². The van der Waals surface area contributed by atoms with E-state index < -0.39 is 41.2 Å². The van der Waals surface area contributed by atoms with Gasteiger partial charge in [-0.3, -0.25) is 0 Å². The van der Waals surface area contributed by atoms with Crippen LogP contribution < -0.4 is 10.1 Å². The molecule has 2 rings (SSSR count). The van der Waals surface area contributed by atoms with Gasteiger partial charge in [-0.1, -0.05) is 0 Å². The predicted molar refractivity (Wildman–Crippen MR) is 59.0 cm³/mol. The Balaban J connectivity index is 2.21. The standard InChI is InChI=1S/C12H13F4NO2/c1-17-7-4-8(11(7)18-2)19-12-9(15)5(13)3-6(14)10(12)16/h3,7-8,11,17H,4H2,1-2H3. The highest BCUT2D eigenvalue weighted by Crippen LogP contribution is 2.33. The highest BCUT2D eigenvalue weighted by molar-refractivity contribution is 5.29. The second-order valence-corrected chi connectivity index (χ2v) is 4.28. The molecular formula is C12H13F4NO2. The van der Waals surface area contributed by atoms with Crippen molar-refractivity contribution in [3.63, 3.8) is 0 Å².